The van der Waals surface area contributed by atoms with Crippen LogP contribution in [0.3, 0.4) is 0 Å². The Labute approximate surface area is 207 Å². The molecule has 0 N–H and O–H groups in total. The van der Waals surface area contributed by atoms with E-state index in [1.807, 2.05) is 64.1 Å². The largest absolute Gasteiger partial charge is 0.469 e. The third-order valence-electron chi connectivity index (χ3n) is 4.13. The summed E-state index contributed by atoms with van der Waals surface area (Å²) in [6, 6.07) is 11.5. The maximum Gasteiger partial charge on any atom is 0.308 e. The summed E-state index contributed by atoms with van der Waals surface area (Å²) in [5, 5.41) is 1.28. The van der Waals surface area contributed by atoms with Gasteiger partial charge in [-0.05, 0) is 51.0 Å². The topological polar surface area (TPSA) is 51.0 Å². The van der Waals surface area contributed by atoms with Crippen LogP contribution in [0.25, 0.3) is 0 Å². The van der Waals surface area contributed by atoms with Crippen LogP contribution in [0.5, 0.6) is 0 Å². The average Bonchev–Trinajstić information content (AvgIpc) is 2.67. The van der Waals surface area contributed by atoms with Crippen molar-refractivity contribution in [3.8, 4) is 0 Å². The molecule has 0 spiro atoms. The van der Waals surface area contributed by atoms with E-state index in [4.69, 9.17) is 23.2 Å². The van der Waals surface area contributed by atoms with Gasteiger partial charge in [0.25, 0.3) is 0 Å². The molecule has 0 unspecified atom stereocenters. The van der Waals surface area contributed by atoms with E-state index in [0.717, 1.165) is 33.9 Å². The average molecular weight is 509 g/mol. The number of rotatable bonds is 4. The third-order valence-corrected chi connectivity index (χ3v) is 4.74. The molecule has 0 radical (unpaired) electrons. The summed E-state index contributed by atoms with van der Waals surface area (Å²) in [6.45, 7) is 11.4. The van der Waals surface area contributed by atoms with Gasteiger partial charge in [-0.15, -0.1) is 0 Å². The molecular weight excluding hydrogens is 478 g/mol. The molecule has 0 aromatic heterocycles. The summed E-state index contributed by atoms with van der Waals surface area (Å²) in [4.78, 5) is 19.5. The van der Waals surface area contributed by atoms with Crippen LogP contribution < -0.4 is 0 Å². The standard InChI is InChI=1S/C18H18Cl2N2.C5H10O2.CH3.Ni/c1-11-7-5-9-15(19)17(11)21-13(3)14(4)22-18-12(2)8-6-10-16(18)20;1-4(2)5(6)7-3;;/h5-10H,1-4H3;4H,1-3H3;1H3;/q;;-1;. The molecule has 174 valence electrons. The molecule has 4 nitrogen and oxygen atoms in total. The van der Waals surface area contributed by atoms with Gasteiger partial charge in [0.05, 0.1) is 45.9 Å². The molecule has 7 heteroatoms. The molecule has 2 aromatic rings. The van der Waals surface area contributed by atoms with Gasteiger partial charge in [-0.1, -0.05) is 61.3 Å². The number of hydrogen-bond donors (Lipinski definition) is 0. The molecular formula is C24H31Cl2N2NiO2-. The maximum absolute atomic E-state index is 10.3. The molecule has 0 amide bonds. The fraction of sp³-hybridized carbons (Fsp3) is 0.333. The maximum atomic E-state index is 10.3. The van der Waals surface area contributed by atoms with E-state index in [1.54, 1.807) is 13.8 Å². The zero-order valence-corrected chi connectivity index (χ0v) is 21.8. The SMILES string of the molecule is CC(=Nc1c(C)cccc1Cl)C(C)=Nc1c(C)cccc1Cl.COC(=O)C(C)C.[CH3-].[Ni]. The van der Waals surface area contributed by atoms with E-state index in [2.05, 4.69) is 14.7 Å². The molecule has 0 aliphatic heterocycles. The van der Waals surface area contributed by atoms with Crippen molar-refractivity contribution in [2.75, 3.05) is 7.11 Å². The van der Waals surface area contributed by atoms with Crippen LogP contribution in [0.4, 0.5) is 11.4 Å². The normalized spacial score (nSPS) is 11.0. The Balaban J connectivity index is 0. The van der Waals surface area contributed by atoms with Crippen LogP contribution in [0.15, 0.2) is 46.4 Å². The molecule has 0 atom stereocenters. The van der Waals surface area contributed by atoms with E-state index < -0.39 is 0 Å². The van der Waals surface area contributed by atoms with Gasteiger partial charge >= 0.3 is 5.97 Å². The van der Waals surface area contributed by atoms with Gasteiger partial charge in [-0.3, -0.25) is 14.8 Å². The van der Waals surface area contributed by atoms with Gasteiger partial charge in [0.2, 0.25) is 0 Å². The number of nitrogens with zero attached hydrogens (tertiary/aromatic N) is 2. The predicted octanol–water partition coefficient (Wildman–Crippen LogP) is 7.76. The van der Waals surface area contributed by atoms with Gasteiger partial charge in [-0.2, -0.15) is 0 Å². The molecule has 0 heterocycles. The molecule has 31 heavy (non-hydrogen) atoms. The smallest absolute Gasteiger partial charge is 0.308 e. The number of esters is 1. The van der Waals surface area contributed by atoms with Crippen molar-refractivity contribution in [2.24, 2.45) is 15.9 Å². The van der Waals surface area contributed by atoms with Crippen LogP contribution in [-0.2, 0) is 26.0 Å². The van der Waals surface area contributed by atoms with E-state index >= 15 is 0 Å². The van der Waals surface area contributed by atoms with Gasteiger partial charge in [0.1, 0.15) is 0 Å². The van der Waals surface area contributed by atoms with Crippen molar-refractivity contribution in [1.29, 1.82) is 0 Å². The second-order valence-electron chi connectivity index (χ2n) is 6.88. The Bertz CT molecular complexity index is 820. The molecule has 0 aliphatic carbocycles. The molecule has 0 bridgehead atoms. The number of para-hydroxylation sites is 2. The minimum atomic E-state index is -0.153. The van der Waals surface area contributed by atoms with Crippen LogP contribution in [0.2, 0.25) is 10.0 Å². The van der Waals surface area contributed by atoms with E-state index in [9.17, 15) is 4.79 Å². The number of benzene rings is 2. The van der Waals surface area contributed by atoms with Crippen LogP contribution in [0.1, 0.15) is 38.8 Å². The summed E-state index contributed by atoms with van der Waals surface area (Å²) >= 11 is 12.4. The van der Waals surface area contributed by atoms with Gasteiger partial charge in [-0.25, -0.2) is 0 Å². The summed E-state index contributed by atoms with van der Waals surface area (Å²) in [6.07, 6.45) is 0. The number of halogens is 2. The number of aliphatic imine (C=N–C) groups is 2. The molecule has 0 fully saturated rings. The van der Waals surface area contributed by atoms with E-state index in [0.29, 0.717) is 10.0 Å². The number of carbonyl (C=O) groups is 1. The second-order valence-corrected chi connectivity index (χ2v) is 7.70. The number of aryl methyl sites for hydroxylation is 2. The number of carbonyl (C=O) groups excluding carboxylic acids is 1. The fourth-order valence-electron chi connectivity index (χ4n) is 2.26. The van der Waals surface area contributed by atoms with Crippen molar-refractivity contribution in [3.63, 3.8) is 0 Å². The van der Waals surface area contributed by atoms with Crippen LogP contribution >= 0.6 is 23.2 Å². The quantitative estimate of drug-likeness (QED) is 0.183. The first-order valence-corrected chi connectivity index (χ1v) is 10.0. The zero-order valence-electron chi connectivity index (χ0n) is 19.3. The summed E-state index contributed by atoms with van der Waals surface area (Å²) in [7, 11) is 1.39. The van der Waals surface area contributed by atoms with Crippen molar-refractivity contribution in [2.45, 2.75) is 41.5 Å². The molecule has 2 aromatic carbocycles. The Morgan fingerprint density at radius 1 is 0.871 bits per heavy atom. The van der Waals surface area contributed by atoms with Crippen molar-refractivity contribution in [1.82, 2.24) is 0 Å². The number of hydrogen-bond acceptors (Lipinski definition) is 4. The number of methoxy groups -OCH3 is 1. The Morgan fingerprint density at radius 3 is 1.45 bits per heavy atom. The molecule has 0 saturated heterocycles. The second kappa shape index (κ2) is 15.2. The molecule has 0 aliphatic rings. The van der Waals surface area contributed by atoms with Crippen molar-refractivity contribution in [3.05, 3.63) is 65.0 Å². The summed E-state index contributed by atoms with van der Waals surface area (Å²) in [5.74, 6) is -0.148. The number of ether oxygens (including phenoxy) is 1. The predicted molar refractivity (Wildman–Crippen MR) is 131 cm³/mol. The first-order valence-electron chi connectivity index (χ1n) is 9.27. The minimum absolute atomic E-state index is 0. The van der Waals surface area contributed by atoms with Crippen molar-refractivity contribution < 1.29 is 26.0 Å². The Morgan fingerprint density at radius 2 is 1.23 bits per heavy atom. The molecule has 0 saturated carbocycles. The van der Waals surface area contributed by atoms with Crippen molar-refractivity contribution >= 4 is 52.0 Å². The van der Waals surface area contributed by atoms with Gasteiger partial charge in [0.15, 0.2) is 0 Å². The Kier molecular flexibility index (Phi) is 15.4. The first kappa shape index (κ1) is 31.5. The van der Waals surface area contributed by atoms with Gasteiger partial charge in [0, 0.05) is 16.5 Å². The van der Waals surface area contributed by atoms with E-state index in [-0.39, 0.29) is 35.8 Å². The monoisotopic (exact) mass is 507 g/mol. The summed E-state index contributed by atoms with van der Waals surface area (Å²) in [5.41, 5.74) is 5.27. The van der Waals surface area contributed by atoms with Crippen LogP contribution in [0, 0.1) is 27.2 Å². The fourth-order valence-corrected chi connectivity index (χ4v) is 2.79. The van der Waals surface area contributed by atoms with Gasteiger partial charge < -0.3 is 12.2 Å². The Hall–Kier alpha value is -1.68. The van der Waals surface area contributed by atoms with Crippen LogP contribution in [-0.4, -0.2) is 24.5 Å². The molecule has 2 rings (SSSR count). The first-order chi connectivity index (χ1) is 13.6. The zero-order chi connectivity index (χ0) is 22.1. The summed E-state index contributed by atoms with van der Waals surface area (Å²) < 4.78 is 4.37. The van der Waals surface area contributed by atoms with E-state index in [1.165, 1.54) is 7.11 Å². The minimum Gasteiger partial charge on any atom is -0.469 e. The third kappa shape index (κ3) is 9.99.